The maximum absolute atomic E-state index is 12.9. The Morgan fingerprint density at radius 3 is 2.40 bits per heavy atom. The van der Waals surface area contributed by atoms with Crippen molar-refractivity contribution >= 4 is 30.2 Å². The van der Waals surface area contributed by atoms with Crippen molar-refractivity contribution in [3.8, 4) is 11.5 Å². The van der Waals surface area contributed by atoms with Crippen LogP contribution in [0.1, 0.15) is 57.2 Å². The zero-order valence-corrected chi connectivity index (χ0v) is 23.8. The number of carbonyl (C=O) groups is 2. The van der Waals surface area contributed by atoms with Gasteiger partial charge in [0.1, 0.15) is 11.5 Å². The number of ether oxygens (including phenoxy) is 1. The Balaban J connectivity index is 1.61. The van der Waals surface area contributed by atoms with Gasteiger partial charge < -0.3 is 20.1 Å². The van der Waals surface area contributed by atoms with Gasteiger partial charge in [-0.05, 0) is 54.5 Å². The molecule has 3 atom stereocenters. The van der Waals surface area contributed by atoms with E-state index in [2.05, 4.69) is 26.1 Å². The molecular formula is C34H40N2O4. The van der Waals surface area contributed by atoms with Gasteiger partial charge in [-0.25, -0.2) is 0 Å². The van der Waals surface area contributed by atoms with Gasteiger partial charge in [0.15, 0.2) is 0 Å². The minimum atomic E-state index is -0.947. The van der Waals surface area contributed by atoms with Crippen molar-refractivity contribution in [1.82, 2.24) is 5.32 Å². The zero-order valence-electron chi connectivity index (χ0n) is 23.8. The molecule has 0 radical (unpaired) electrons. The van der Waals surface area contributed by atoms with E-state index in [4.69, 9.17) is 4.74 Å². The van der Waals surface area contributed by atoms with Crippen LogP contribution in [-0.4, -0.2) is 36.1 Å². The first-order valence-corrected chi connectivity index (χ1v) is 14.0. The topological polar surface area (TPSA) is 78.9 Å². The van der Waals surface area contributed by atoms with Crippen molar-refractivity contribution in [2.45, 2.75) is 59.1 Å². The van der Waals surface area contributed by atoms with Crippen molar-refractivity contribution in [2.24, 2.45) is 11.3 Å². The van der Waals surface area contributed by atoms with Crippen LogP contribution in [0.5, 0.6) is 11.5 Å². The summed E-state index contributed by atoms with van der Waals surface area (Å²) in [6, 6.07) is 22.5. The van der Waals surface area contributed by atoms with Crippen LogP contribution in [-0.2, 0) is 16.0 Å². The summed E-state index contributed by atoms with van der Waals surface area (Å²) in [6.45, 7) is 8.82. The van der Waals surface area contributed by atoms with E-state index < -0.39 is 18.1 Å². The molecule has 0 fully saturated rings. The summed E-state index contributed by atoms with van der Waals surface area (Å²) in [4.78, 5) is 27.2. The monoisotopic (exact) mass is 540 g/mol. The maximum atomic E-state index is 12.9. The van der Waals surface area contributed by atoms with Gasteiger partial charge in [0.25, 0.3) is 0 Å². The van der Waals surface area contributed by atoms with Gasteiger partial charge in [-0.2, -0.15) is 0 Å². The second kappa shape index (κ2) is 13.0. The molecule has 0 aromatic heterocycles. The SMILES string of the molecule is C[C@H](C[C@H](O)[C@H](Cc1ccccc1)N(C=O)c1cccc2c1C=Cc1ccccc1O2)C(=O)NCCC(C)(C)C. The lowest BCUT2D eigenvalue weighted by atomic mass is 9.91. The van der Waals surface area contributed by atoms with Crippen LogP contribution in [0.2, 0.25) is 0 Å². The Morgan fingerprint density at radius 1 is 0.975 bits per heavy atom. The molecule has 0 aliphatic carbocycles. The number of hydrogen-bond acceptors (Lipinski definition) is 4. The second-order valence-corrected chi connectivity index (χ2v) is 11.7. The molecule has 2 amide bonds. The molecule has 1 aliphatic rings. The Morgan fingerprint density at radius 2 is 1.68 bits per heavy atom. The lowest BCUT2D eigenvalue weighted by Crippen LogP contribution is -2.46. The predicted molar refractivity (Wildman–Crippen MR) is 161 cm³/mol. The van der Waals surface area contributed by atoms with Gasteiger partial charge in [-0.1, -0.05) is 88.4 Å². The fourth-order valence-electron chi connectivity index (χ4n) is 4.97. The van der Waals surface area contributed by atoms with Crippen molar-refractivity contribution in [2.75, 3.05) is 11.4 Å². The molecule has 3 aromatic carbocycles. The van der Waals surface area contributed by atoms with Crippen LogP contribution in [0, 0.1) is 11.3 Å². The van der Waals surface area contributed by atoms with Gasteiger partial charge in [0, 0.05) is 23.6 Å². The average Bonchev–Trinajstić information content (AvgIpc) is 3.12. The highest BCUT2D eigenvalue weighted by Crippen LogP contribution is 2.39. The number of nitrogens with zero attached hydrogens (tertiary/aromatic N) is 1. The normalized spacial score (nSPS) is 14.5. The van der Waals surface area contributed by atoms with Crippen molar-refractivity contribution in [3.05, 3.63) is 89.5 Å². The lowest BCUT2D eigenvalue weighted by molar-refractivity contribution is -0.125. The predicted octanol–water partition coefficient (Wildman–Crippen LogP) is 6.48. The van der Waals surface area contributed by atoms with Gasteiger partial charge >= 0.3 is 0 Å². The highest BCUT2D eigenvalue weighted by atomic mass is 16.5. The summed E-state index contributed by atoms with van der Waals surface area (Å²) in [5.74, 6) is 0.846. The molecular weight excluding hydrogens is 500 g/mol. The molecule has 1 aliphatic heterocycles. The fourth-order valence-corrected chi connectivity index (χ4v) is 4.97. The number of rotatable bonds is 11. The smallest absolute Gasteiger partial charge is 0.222 e. The molecule has 4 rings (SSSR count). The number of benzene rings is 3. The summed E-state index contributed by atoms with van der Waals surface area (Å²) in [5.41, 5.74) is 3.44. The van der Waals surface area contributed by atoms with Crippen LogP contribution in [0.3, 0.4) is 0 Å². The second-order valence-electron chi connectivity index (χ2n) is 11.7. The van der Waals surface area contributed by atoms with Crippen LogP contribution >= 0.6 is 0 Å². The number of nitrogens with one attached hydrogen (secondary N) is 1. The van der Waals surface area contributed by atoms with Crippen LogP contribution in [0.25, 0.3) is 12.2 Å². The third kappa shape index (κ3) is 7.39. The Bertz CT molecular complexity index is 1330. The van der Waals surface area contributed by atoms with Gasteiger partial charge in [0.2, 0.25) is 12.3 Å². The third-order valence-corrected chi connectivity index (χ3v) is 7.31. The summed E-state index contributed by atoms with van der Waals surface area (Å²) in [7, 11) is 0. The van der Waals surface area contributed by atoms with Crippen LogP contribution in [0.4, 0.5) is 5.69 Å². The quantitative estimate of drug-likeness (QED) is 0.214. The van der Waals surface area contributed by atoms with E-state index in [0.29, 0.717) is 24.4 Å². The number of hydrogen-bond donors (Lipinski definition) is 2. The van der Waals surface area contributed by atoms with E-state index in [9.17, 15) is 14.7 Å². The lowest BCUT2D eigenvalue weighted by Gasteiger charge is -2.34. The largest absolute Gasteiger partial charge is 0.456 e. The molecule has 0 saturated heterocycles. The number of aliphatic hydroxyl groups is 1. The number of anilines is 1. The highest BCUT2D eigenvalue weighted by Gasteiger charge is 2.31. The zero-order chi connectivity index (χ0) is 28.7. The number of carbonyl (C=O) groups excluding carboxylic acids is 2. The summed E-state index contributed by atoms with van der Waals surface area (Å²) >= 11 is 0. The first-order chi connectivity index (χ1) is 19.2. The van der Waals surface area contributed by atoms with E-state index in [0.717, 1.165) is 35.3 Å². The molecule has 0 saturated carbocycles. The Kier molecular flexibility index (Phi) is 9.43. The van der Waals surface area contributed by atoms with E-state index in [1.54, 1.807) is 4.90 Å². The summed E-state index contributed by atoms with van der Waals surface area (Å²) in [5, 5.41) is 14.6. The number of amides is 2. The summed E-state index contributed by atoms with van der Waals surface area (Å²) in [6.07, 6.45) is 5.25. The van der Waals surface area contributed by atoms with Crippen LogP contribution < -0.4 is 15.0 Å². The average molecular weight is 541 g/mol. The van der Waals surface area contributed by atoms with Gasteiger partial charge in [-0.15, -0.1) is 0 Å². The molecule has 1 heterocycles. The van der Waals surface area contributed by atoms with Gasteiger partial charge in [0.05, 0.1) is 17.8 Å². The first kappa shape index (κ1) is 29.1. The molecule has 210 valence electrons. The number of para-hydroxylation sites is 1. The summed E-state index contributed by atoms with van der Waals surface area (Å²) < 4.78 is 6.23. The highest BCUT2D eigenvalue weighted by molar-refractivity contribution is 5.89. The van der Waals surface area contributed by atoms with Gasteiger partial charge in [-0.3, -0.25) is 9.59 Å². The molecule has 6 heteroatoms. The van der Waals surface area contributed by atoms with E-state index in [-0.39, 0.29) is 17.7 Å². The first-order valence-electron chi connectivity index (χ1n) is 14.0. The van der Waals surface area contributed by atoms with E-state index in [1.807, 2.05) is 91.9 Å². The van der Waals surface area contributed by atoms with Crippen molar-refractivity contribution < 1.29 is 19.4 Å². The van der Waals surface area contributed by atoms with Crippen molar-refractivity contribution in [1.29, 1.82) is 0 Å². The maximum Gasteiger partial charge on any atom is 0.222 e. The minimum absolute atomic E-state index is 0.0953. The van der Waals surface area contributed by atoms with Crippen LogP contribution in [0.15, 0.2) is 72.8 Å². The molecule has 40 heavy (non-hydrogen) atoms. The molecule has 0 bridgehead atoms. The standard InChI is InChI=1S/C34H40N2O4/c1-24(33(39)35-20-19-34(2,3)4)21-30(38)29(22-25-11-6-5-7-12-25)36(23-37)28-14-10-16-32-27(28)18-17-26-13-8-9-15-31(26)40-32/h5-18,23-24,29-30,38H,19-22H2,1-4H3,(H,35,39)/t24-,29+,30+/m1/s1. The fraction of sp³-hybridized carbons (Fsp3) is 0.353. The van der Waals surface area contributed by atoms with E-state index in [1.165, 1.54) is 0 Å². The Hall–Kier alpha value is -3.90. The molecule has 2 N–H and O–H groups in total. The molecule has 0 spiro atoms. The number of fused-ring (bicyclic) bond motifs is 2. The Labute approximate surface area is 237 Å². The third-order valence-electron chi connectivity index (χ3n) is 7.31. The van der Waals surface area contributed by atoms with Crippen molar-refractivity contribution in [3.63, 3.8) is 0 Å². The number of aliphatic hydroxyl groups excluding tert-OH is 1. The minimum Gasteiger partial charge on any atom is -0.456 e. The molecule has 6 nitrogen and oxygen atoms in total. The molecule has 3 aromatic rings. The molecule has 0 unspecified atom stereocenters. The van der Waals surface area contributed by atoms with E-state index >= 15 is 0 Å².